The predicted molar refractivity (Wildman–Crippen MR) is 126 cm³/mol. The summed E-state index contributed by atoms with van der Waals surface area (Å²) in [6.45, 7) is 2.49. The van der Waals surface area contributed by atoms with E-state index in [4.69, 9.17) is 0 Å². The summed E-state index contributed by atoms with van der Waals surface area (Å²) in [5.74, 6) is -0.504. The molecule has 0 atom stereocenters. The van der Waals surface area contributed by atoms with Crippen molar-refractivity contribution in [1.29, 1.82) is 0 Å². The molecular formula is C25H29N5O2. The molecule has 2 aromatic carbocycles. The lowest BCUT2D eigenvalue weighted by Crippen LogP contribution is -2.48. The predicted octanol–water partition coefficient (Wildman–Crippen LogP) is 3.77. The molecule has 1 heterocycles. The molecule has 1 aliphatic carbocycles. The summed E-state index contributed by atoms with van der Waals surface area (Å²) in [5, 5.41) is 5.78. The molecule has 0 unspecified atom stereocenters. The van der Waals surface area contributed by atoms with Gasteiger partial charge in [0.15, 0.2) is 0 Å². The van der Waals surface area contributed by atoms with Crippen LogP contribution in [0.2, 0.25) is 0 Å². The van der Waals surface area contributed by atoms with E-state index in [2.05, 4.69) is 44.6 Å². The number of anilines is 2. The number of hydrogen-bond acceptors (Lipinski definition) is 5. The number of carbonyl (C=O) groups is 2. The van der Waals surface area contributed by atoms with Crippen LogP contribution < -0.4 is 15.5 Å². The molecule has 166 valence electrons. The Morgan fingerprint density at radius 2 is 1.69 bits per heavy atom. The quantitative estimate of drug-likeness (QED) is 0.595. The van der Waals surface area contributed by atoms with Crippen LogP contribution in [-0.4, -0.2) is 34.4 Å². The van der Waals surface area contributed by atoms with Crippen LogP contribution in [0.25, 0.3) is 0 Å². The SMILES string of the molecule is C.Cc1ccccc1N(C)c1ccc(CNC(=O)C2(NC(=O)c3cncnc3)CC2)cc1. The van der Waals surface area contributed by atoms with Gasteiger partial charge < -0.3 is 15.5 Å². The largest absolute Gasteiger partial charge is 0.350 e. The Hall–Kier alpha value is -3.74. The normalized spacial score (nSPS) is 13.4. The maximum Gasteiger partial charge on any atom is 0.255 e. The van der Waals surface area contributed by atoms with E-state index in [1.54, 1.807) is 0 Å². The summed E-state index contributed by atoms with van der Waals surface area (Å²) in [7, 11) is 2.04. The molecule has 7 nitrogen and oxygen atoms in total. The van der Waals surface area contributed by atoms with Gasteiger partial charge in [-0.05, 0) is 49.1 Å². The Morgan fingerprint density at radius 3 is 2.31 bits per heavy atom. The van der Waals surface area contributed by atoms with E-state index in [0.29, 0.717) is 24.9 Å². The van der Waals surface area contributed by atoms with Gasteiger partial charge in [-0.2, -0.15) is 0 Å². The Kier molecular flexibility index (Phi) is 6.88. The van der Waals surface area contributed by atoms with Gasteiger partial charge in [0.05, 0.1) is 5.56 Å². The standard InChI is InChI=1S/C24H25N5O2.CH4/c1-17-5-3-4-6-21(17)29(2)20-9-7-18(8-10-20)13-27-23(31)24(11-12-24)28-22(30)19-14-25-16-26-15-19;/h3-10,14-16H,11-13H2,1-2H3,(H,27,31)(H,28,30);1H4. The number of nitrogens with one attached hydrogen (secondary N) is 2. The van der Waals surface area contributed by atoms with Crippen molar-refractivity contribution in [3.05, 3.63) is 83.9 Å². The van der Waals surface area contributed by atoms with Gasteiger partial charge >= 0.3 is 0 Å². The van der Waals surface area contributed by atoms with Gasteiger partial charge in [-0.3, -0.25) is 9.59 Å². The Balaban J connectivity index is 0.00000289. The van der Waals surface area contributed by atoms with E-state index in [9.17, 15) is 9.59 Å². The zero-order valence-corrected chi connectivity index (χ0v) is 17.6. The molecule has 3 aromatic rings. The van der Waals surface area contributed by atoms with E-state index in [1.165, 1.54) is 24.3 Å². The number of amides is 2. The summed E-state index contributed by atoms with van der Waals surface area (Å²) < 4.78 is 0. The maximum absolute atomic E-state index is 12.7. The van der Waals surface area contributed by atoms with E-state index in [-0.39, 0.29) is 19.2 Å². The van der Waals surface area contributed by atoms with Crippen molar-refractivity contribution < 1.29 is 9.59 Å². The average Bonchev–Trinajstić information content (AvgIpc) is 3.59. The Labute approximate surface area is 188 Å². The highest BCUT2D eigenvalue weighted by Gasteiger charge is 2.51. The van der Waals surface area contributed by atoms with Crippen LogP contribution in [0.3, 0.4) is 0 Å². The maximum atomic E-state index is 12.7. The Morgan fingerprint density at radius 1 is 1.03 bits per heavy atom. The van der Waals surface area contributed by atoms with Crippen LogP contribution in [0, 0.1) is 6.92 Å². The molecule has 1 aromatic heterocycles. The van der Waals surface area contributed by atoms with Crippen LogP contribution in [0.1, 0.15) is 41.8 Å². The van der Waals surface area contributed by atoms with Gasteiger partial charge in [-0.15, -0.1) is 0 Å². The molecule has 0 saturated heterocycles. The molecule has 32 heavy (non-hydrogen) atoms. The molecule has 0 aliphatic heterocycles. The molecule has 0 spiro atoms. The minimum Gasteiger partial charge on any atom is -0.350 e. The minimum absolute atomic E-state index is 0. The van der Waals surface area contributed by atoms with Crippen molar-refractivity contribution in [2.24, 2.45) is 0 Å². The first-order valence-corrected chi connectivity index (χ1v) is 10.2. The first kappa shape index (κ1) is 22.9. The van der Waals surface area contributed by atoms with Gasteiger partial charge in [0.2, 0.25) is 5.91 Å². The fourth-order valence-corrected chi connectivity index (χ4v) is 3.51. The van der Waals surface area contributed by atoms with Gasteiger partial charge in [0.25, 0.3) is 5.91 Å². The number of benzene rings is 2. The van der Waals surface area contributed by atoms with E-state index >= 15 is 0 Å². The smallest absolute Gasteiger partial charge is 0.255 e. The second kappa shape index (κ2) is 9.60. The first-order chi connectivity index (χ1) is 15.0. The molecule has 1 saturated carbocycles. The third kappa shape index (κ3) is 4.94. The van der Waals surface area contributed by atoms with Gasteiger partial charge in [0, 0.05) is 37.4 Å². The summed E-state index contributed by atoms with van der Waals surface area (Å²) in [4.78, 5) is 34.9. The van der Waals surface area contributed by atoms with E-state index < -0.39 is 5.54 Å². The van der Waals surface area contributed by atoms with Crippen molar-refractivity contribution in [3.63, 3.8) is 0 Å². The second-order valence-corrected chi connectivity index (χ2v) is 7.86. The van der Waals surface area contributed by atoms with Crippen LogP contribution in [0.4, 0.5) is 11.4 Å². The summed E-state index contributed by atoms with van der Waals surface area (Å²) in [5.41, 5.74) is 3.93. The molecule has 1 fully saturated rings. The Bertz CT molecular complexity index is 1080. The molecule has 7 heteroatoms. The lowest BCUT2D eigenvalue weighted by atomic mass is 10.1. The molecule has 2 N–H and O–H groups in total. The van der Waals surface area contributed by atoms with Crippen molar-refractivity contribution in [2.75, 3.05) is 11.9 Å². The number of hydrogen-bond donors (Lipinski definition) is 2. The van der Waals surface area contributed by atoms with Crippen LogP contribution in [-0.2, 0) is 11.3 Å². The lowest BCUT2D eigenvalue weighted by Gasteiger charge is -2.22. The molecule has 0 radical (unpaired) electrons. The topological polar surface area (TPSA) is 87.2 Å². The lowest BCUT2D eigenvalue weighted by molar-refractivity contribution is -0.124. The zero-order chi connectivity index (χ0) is 21.8. The summed E-state index contributed by atoms with van der Waals surface area (Å²) in [6, 6.07) is 16.3. The van der Waals surface area contributed by atoms with Gasteiger partial charge in [0.1, 0.15) is 11.9 Å². The van der Waals surface area contributed by atoms with Crippen LogP contribution in [0.15, 0.2) is 67.3 Å². The monoisotopic (exact) mass is 431 g/mol. The van der Waals surface area contributed by atoms with Crippen molar-refractivity contribution in [1.82, 2.24) is 20.6 Å². The van der Waals surface area contributed by atoms with Crippen LogP contribution >= 0.6 is 0 Å². The average molecular weight is 432 g/mol. The number of aromatic nitrogens is 2. The number of aryl methyl sites for hydroxylation is 1. The molecule has 1 aliphatic rings. The first-order valence-electron chi connectivity index (χ1n) is 10.2. The van der Waals surface area contributed by atoms with Gasteiger partial charge in [-0.25, -0.2) is 9.97 Å². The molecule has 4 rings (SSSR count). The third-order valence-electron chi connectivity index (χ3n) is 5.61. The second-order valence-electron chi connectivity index (χ2n) is 7.86. The summed E-state index contributed by atoms with van der Waals surface area (Å²) >= 11 is 0. The highest BCUT2D eigenvalue weighted by molar-refractivity contribution is 6.00. The highest BCUT2D eigenvalue weighted by Crippen LogP contribution is 2.36. The third-order valence-corrected chi connectivity index (χ3v) is 5.61. The van der Waals surface area contributed by atoms with Gasteiger partial charge in [-0.1, -0.05) is 37.8 Å². The van der Waals surface area contributed by atoms with Crippen LogP contribution in [0.5, 0.6) is 0 Å². The number of para-hydroxylation sites is 1. The molecule has 0 bridgehead atoms. The highest BCUT2D eigenvalue weighted by atomic mass is 16.2. The molecular weight excluding hydrogens is 402 g/mol. The van der Waals surface area contributed by atoms with E-state index in [1.807, 2.05) is 43.4 Å². The summed E-state index contributed by atoms with van der Waals surface area (Å²) in [6.07, 6.45) is 5.48. The molecule has 2 amide bonds. The van der Waals surface area contributed by atoms with Crippen molar-refractivity contribution in [3.8, 4) is 0 Å². The zero-order valence-electron chi connectivity index (χ0n) is 17.6. The van der Waals surface area contributed by atoms with Crippen molar-refractivity contribution in [2.45, 2.75) is 39.3 Å². The number of rotatable bonds is 7. The number of carbonyl (C=O) groups excluding carboxylic acids is 2. The fraction of sp³-hybridized carbons (Fsp3) is 0.280. The number of nitrogens with zero attached hydrogens (tertiary/aromatic N) is 3. The minimum atomic E-state index is -0.835. The van der Waals surface area contributed by atoms with Crippen molar-refractivity contribution >= 4 is 23.2 Å². The fourth-order valence-electron chi connectivity index (χ4n) is 3.51. The van der Waals surface area contributed by atoms with E-state index in [0.717, 1.165) is 16.9 Å².